The van der Waals surface area contributed by atoms with Gasteiger partial charge in [0.2, 0.25) is 0 Å². The molecule has 0 aliphatic carbocycles. The minimum absolute atomic E-state index is 0.554. The van der Waals surface area contributed by atoms with Gasteiger partial charge in [-0.2, -0.15) is 0 Å². The lowest BCUT2D eigenvalue weighted by Crippen LogP contribution is -2.15. The Morgan fingerprint density at radius 3 is 0.500 bits per heavy atom. The van der Waals surface area contributed by atoms with Crippen molar-refractivity contribution in [2.45, 2.75) is 155 Å². The van der Waals surface area contributed by atoms with E-state index >= 15 is 0 Å². The fourth-order valence-corrected chi connectivity index (χ4v) is 5.38. The molecule has 290 valence electrons. The van der Waals surface area contributed by atoms with Crippen LogP contribution in [0.25, 0.3) is 0 Å². The molecular weight excluding hydrogens is 608 g/mol. The van der Waals surface area contributed by atoms with E-state index in [1.54, 1.807) is 0 Å². The second-order valence-corrected chi connectivity index (χ2v) is 13.0. The minimum Gasteiger partial charge on any atom is -0.379 e. The molecular formula is C40H82O8. The zero-order valence-electron chi connectivity index (χ0n) is 32.1. The molecule has 0 amide bonds. The molecule has 0 aliphatic heterocycles. The molecule has 0 aromatic heterocycles. The van der Waals surface area contributed by atoms with Crippen molar-refractivity contribution in [3.63, 3.8) is 0 Å². The van der Waals surface area contributed by atoms with E-state index in [1.807, 2.05) is 0 Å². The monoisotopic (exact) mass is 691 g/mol. The van der Waals surface area contributed by atoms with Crippen molar-refractivity contribution in [2.75, 3.05) is 106 Å². The molecule has 0 fully saturated rings. The summed E-state index contributed by atoms with van der Waals surface area (Å²) in [4.78, 5) is 0. The third kappa shape index (κ3) is 45.7. The van der Waals surface area contributed by atoms with Gasteiger partial charge < -0.3 is 37.9 Å². The third-order valence-electron chi connectivity index (χ3n) is 8.39. The standard InChI is InChI=1S/C40H82O8/c1-3-5-7-9-11-13-14-15-16-17-18-20-22-24-26-42-28-30-44-32-34-46-36-38-48-40-39-47-37-35-45-33-31-43-29-27-41-25-23-21-19-12-10-8-6-4-2/h3-40H2,1-2H3. The van der Waals surface area contributed by atoms with Crippen LogP contribution in [0.5, 0.6) is 0 Å². The number of hydrogen-bond acceptors (Lipinski definition) is 8. The molecule has 0 aromatic carbocycles. The van der Waals surface area contributed by atoms with Crippen LogP contribution in [0.15, 0.2) is 0 Å². The summed E-state index contributed by atoms with van der Waals surface area (Å²) in [6, 6.07) is 0. The first kappa shape index (κ1) is 47.7. The summed E-state index contributed by atoms with van der Waals surface area (Å²) < 4.78 is 44.6. The molecule has 0 aromatic rings. The highest BCUT2D eigenvalue weighted by Gasteiger charge is 1.98. The van der Waals surface area contributed by atoms with Crippen LogP contribution >= 0.6 is 0 Å². The summed E-state index contributed by atoms with van der Waals surface area (Å²) in [6.45, 7) is 14.5. The zero-order chi connectivity index (χ0) is 34.5. The average Bonchev–Trinajstić information content (AvgIpc) is 3.10. The Labute approximate surface area is 298 Å². The van der Waals surface area contributed by atoms with Crippen LogP contribution in [0.4, 0.5) is 0 Å². The number of unbranched alkanes of at least 4 members (excludes halogenated alkanes) is 20. The Kier molecular flexibility index (Phi) is 46.4. The number of rotatable bonds is 45. The first-order valence-corrected chi connectivity index (χ1v) is 20.5. The van der Waals surface area contributed by atoms with E-state index in [0.717, 1.165) is 26.1 Å². The second kappa shape index (κ2) is 46.7. The third-order valence-corrected chi connectivity index (χ3v) is 8.39. The molecule has 8 heteroatoms. The smallest absolute Gasteiger partial charge is 0.0701 e. The van der Waals surface area contributed by atoms with Gasteiger partial charge in [0.05, 0.1) is 92.5 Å². The van der Waals surface area contributed by atoms with Gasteiger partial charge in [-0.05, 0) is 12.8 Å². The predicted octanol–water partition coefficient (Wildman–Crippen LogP) is 9.74. The SMILES string of the molecule is CCCCCCCCCCCCCCCCOCCOCCOCCOCCOCCOCCOCCOCCCCCCCCCC. The summed E-state index contributed by atoms with van der Waals surface area (Å²) in [5.74, 6) is 0. The van der Waals surface area contributed by atoms with Crippen molar-refractivity contribution in [3.05, 3.63) is 0 Å². The predicted molar refractivity (Wildman–Crippen MR) is 199 cm³/mol. The Morgan fingerprint density at radius 1 is 0.167 bits per heavy atom. The van der Waals surface area contributed by atoms with Gasteiger partial charge in [0.1, 0.15) is 0 Å². The zero-order valence-corrected chi connectivity index (χ0v) is 32.1. The first-order valence-electron chi connectivity index (χ1n) is 20.5. The molecule has 8 nitrogen and oxygen atoms in total. The number of hydrogen-bond donors (Lipinski definition) is 0. The van der Waals surface area contributed by atoms with Crippen LogP contribution < -0.4 is 0 Å². The molecule has 0 saturated heterocycles. The summed E-state index contributed by atoms with van der Waals surface area (Å²) >= 11 is 0. The van der Waals surface area contributed by atoms with Crippen molar-refractivity contribution in [1.82, 2.24) is 0 Å². The van der Waals surface area contributed by atoms with E-state index < -0.39 is 0 Å². The highest BCUT2D eigenvalue weighted by Crippen LogP contribution is 2.13. The maximum absolute atomic E-state index is 5.69. The minimum atomic E-state index is 0.554. The molecule has 0 saturated carbocycles. The van der Waals surface area contributed by atoms with Gasteiger partial charge in [0, 0.05) is 13.2 Å². The van der Waals surface area contributed by atoms with Crippen molar-refractivity contribution in [3.8, 4) is 0 Å². The summed E-state index contributed by atoms with van der Waals surface area (Å²) in [6.07, 6.45) is 29.9. The van der Waals surface area contributed by atoms with Crippen molar-refractivity contribution < 1.29 is 37.9 Å². The normalized spacial score (nSPS) is 11.6. The molecule has 48 heavy (non-hydrogen) atoms. The lowest BCUT2D eigenvalue weighted by molar-refractivity contribution is -0.0232. The summed E-state index contributed by atoms with van der Waals surface area (Å²) in [7, 11) is 0. The Hall–Kier alpha value is -0.320. The van der Waals surface area contributed by atoms with Crippen LogP contribution in [0.2, 0.25) is 0 Å². The van der Waals surface area contributed by atoms with E-state index in [4.69, 9.17) is 37.9 Å². The van der Waals surface area contributed by atoms with Gasteiger partial charge in [0.25, 0.3) is 0 Å². The molecule has 0 spiro atoms. The van der Waals surface area contributed by atoms with E-state index in [0.29, 0.717) is 92.5 Å². The molecule has 0 N–H and O–H groups in total. The molecule has 0 radical (unpaired) electrons. The molecule has 0 heterocycles. The quantitative estimate of drug-likeness (QED) is 0.0585. The van der Waals surface area contributed by atoms with Gasteiger partial charge in [-0.1, -0.05) is 142 Å². The van der Waals surface area contributed by atoms with Crippen molar-refractivity contribution >= 4 is 0 Å². The topological polar surface area (TPSA) is 73.8 Å². The largest absolute Gasteiger partial charge is 0.379 e. The van der Waals surface area contributed by atoms with Gasteiger partial charge in [-0.15, -0.1) is 0 Å². The molecule has 0 atom stereocenters. The first-order chi connectivity index (χ1) is 23.9. The lowest BCUT2D eigenvalue weighted by Gasteiger charge is -2.09. The van der Waals surface area contributed by atoms with Crippen LogP contribution in [0.3, 0.4) is 0 Å². The highest BCUT2D eigenvalue weighted by molar-refractivity contribution is 4.50. The molecule has 0 unspecified atom stereocenters. The summed E-state index contributed by atoms with van der Waals surface area (Å²) in [5, 5.41) is 0. The van der Waals surface area contributed by atoms with Gasteiger partial charge >= 0.3 is 0 Å². The van der Waals surface area contributed by atoms with Gasteiger partial charge in [-0.25, -0.2) is 0 Å². The Morgan fingerprint density at radius 2 is 0.312 bits per heavy atom. The second-order valence-electron chi connectivity index (χ2n) is 13.0. The van der Waals surface area contributed by atoms with E-state index in [-0.39, 0.29) is 0 Å². The van der Waals surface area contributed by atoms with E-state index in [9.17, 15) is 0 Å². The summed E-state index contributed by atoms with van der Waals surface area (Å²) in [5.41, 5.74) is 0. The number of ether oxygens (including phenoxy) is 8. The van der Waals surface area contributed by atoms with E-state index in [1.165, 1.54) is 128 Å². The molecule has 0 aliphatic rings. The van der Waals surface area contributed by atoms with Crippen molar-refractivity contribution in [2.24, 2.45) is 0 Å². The lowest BCUT2D eigenvalue weighted by atomic mass is 10.0. The van der Waals surface area contributed by atoms with Crippen LogP contribution in [0.1, 0.15) is 155 Å². The molecule has 0 rings (SSSR count). The maximum atomic E-state index is 5.69. The molecule has 0 bridgehead atoms. The maximum Gasteiger partial charge on any atom is 0.0701 e. The average molecular weight is 691 g/mol. The van der Waals surface area contributed by atoms with Crippen LogP contribution in [-0.2, 0) is 37.9 Å². The van der Waals surface area contributed by atoms with Gasteiger partial charge in [-0.3, -0.25) is 0 Å². The Bertz CT molecular complexity index is 493. The van der Waals surface area contributed by atoms with Gasteiger partial charge in [0.15, 0.2) is 0 Å². The van der Waals surface area contributed by atoms with E-state index in [2.05, 4.69) is 13.8 Å². The van der Waals surface area contributed by atoms with Crippen LogP contribution in [-0.4, -0.2) is 106 Å². The fraction of sp³-hybridized carbons (Fsp3) is 1.00. The fourth-order valence-electron chi connectivity index (χ4n) is 5.38. The van der Waals surface area contributed by atoms with Crippen LogP contribution in [0, 0.1) is 0 Å². The highest BCUT2D eigenvalue weighted by atomic mass is 16.6. The van der Waals surface area contributed by atoms with Crippen molar-refractivity contribution in [1.29, 1.82) is 0 Å². The Balaban J connectivity index is 3.04.